The van der Waals surface area contributed by atoms with E-state index in [0.29, 0.717) is 22.9 Å². The summed E-state index contributed by atoms with van der Waals surface area (Å²) >= 11 is 6.05. The minimum atomic E-state index is 0.324. The van der Waals surface area contributed by atoms with E-state index < -0.39 is 0 Å². The summed E-state index contributed by atoms with van der Waals surface area (Å²) in [6.07, 6.45) is 11.7. The van der Waals surface area contributed by atoms with Gasteiger partial charge < -0.3 is 9.75 Å². The van der Waals surface area contributed by atoms with Crippen molar-refractivity contribution in [2.24, 2.45) is 0 Å². The topological polar surface area (TPSA) is 45.7 Å². The predicted octanol–water partition coefficient (Wildman–Crippen LogP) is 4.25. The minimum Gasteiger partial charge on any atom is -0.487 e. The fourth-order valence-electron chi connectivity index (χ4n) is 3.65. The highest BCUT2D eigenvalue weighted by molar-refractivity contribution is 6.33. The molecule has 140 valence electrons. The van der Waals surface area contributed by atoms with Crippen LogP contribution in [-0.2, 0) is 0 Å². The molecular formula is C20H26ClN3O2. The monoisotopic (exact) mass is 375 g/mol. The van der Waals surface area contributed by atoms with Gasteiger partial charge in [-0.25, -0.2) is 5.01 Å². The number of likely N-dealkylation sites (N-methyl/N-ethyl adjacent to an activating group) is 1. The molecule has 0 spiro atoms. The molecular weight excluding hydrogens is 350 g/mol. The number of halogens is 1. The third-order valence-corrected chi connectivity index (χ3v) is 5.29. The van der Waals surface area contributed by atoms with Gasteiger partial charge in [0, 0.05) is 26.3 Å². The SMILES string of the molecule is CCCN1C(C2=C(COc3cncc(Cl)c3C=O)CCCC2)=CCN1C. The Labute approximate surface area is 160 Å². The maximum absolute atomic E-state index is 11.3. The molecule has 0 aromatic carbocycles. The molecule has 0 atom stereocenters. The Balaban J connectivity index is 1.82. The third kappa shape index (κ3) is 3.94. The maximum atomic E-state index is 11.3. The molecule has 2 heterocycles. The molecule has 6 heteroatoms. The Morgan fingerprint density at radius 2 is 2.12 bits per heavy atom. The summed E-state index contributed by atoms with van der Waals surface area (Å²) in [5.41, 5.74) is 4.41. The first-order valence-corrected chi connectivity index (χ1v) is 9.65. The van der Waals surface area contributed by atoms with Crippen molar-refractivity contribution in [3.8, 4) is 5.75 Å². The average Bonchev–Trinajstić information content (AvgIpc) is 3.01. The van der Waals surface area contributed by atoms with Crippen LogP contribution in [0.25, 0.3) is 0 Å². The van der Waals surface area contributed by atoms with Crippen molar-refractivity contribution in [2.75, 3.05) is 26.7 Å². The molecule has 1 aromatic rings. The van der Waals surface area contributed by atoms with E-state index in [4.69, 9.17) is 16.3 Å². The van der Waals surface area contributed by atoms with Gasteiger partial charge in [0.25, 0.3) is 0 Å². The zero-order chi connectivity index (χ0) is 18.5. The molecule has 0 fully saturated rings. The summed E-state index contributed by atoms with van der Waals surface area (Å²) in [6.45, 7) is 4.64. The van der Waals surface area contributed by atoms with E-state index in [1.807, 2.05) is 0 Å². The molecule has 0 saturated heterocycles. The first-order chi connectivity index (χ1) is 12.7. The number of aldehydes is 1. The van der Waals surface area contributed by atoms with Crippen molar-refractivity contribution in [2.45, 2.75) is 39.0 Å². The number of pyridine rings is 1. The Morgan fingerprint density at radius 3 is 2.88 bits per heavy atom. The second kappa shape index (κ2) is 8.69. The van der Waals surface area contributed by atoms with E-state index in [1.54, 1.807) is 6.20 Å². The number of hydrogen-bond donors (Lipinski definition) is 0. The number of carbonyl (C=O) groups is 1. The van der Waals surface area contributed by atoms with E-state index in [1.165, 1.54) is 35.9 Å². The maximum Gasteiger partial charge on any atom is 0.155 e. The van der Waals surface area contributed by atoms with Gasteiger partial charge in [-0.05, 0) is 49.3 Å². The first kappa shape index (κ1) is 18.9. The van der Waals surface area contributed by atoms with Crippen LogP contribution in [0.3, 0.4) is 0 Å². The predicted molar refractivity (Wildman–Crippen MR) is 103 cm³/mol. The van der Waals surface area contributed by atoms with Crippen LogP contribution in [0.15, 0.2) is 35.3 Å². The molecule has 1 aliphatic carbocycles. The number of allylic oxidation sites excluding steroid dienone is 1. The highest BCUT2D eigenvalue weighted by atomic mass is 35.5. The van der Waals surface area contributed by atoms with Crippen LogP contribution < -0.4 is 4.74 Å². The van der Waals surface area contributed by atoms with Crippen molar-refractivity contribution in [1.82, 2.24) is 15.0 Å². The first-order valence-electron chi connectivity index (χ1n) is 9.27. The smallest absolute Gasteiger partial charge is 0.155 e. The van der Waals surface area contributed by atoms with Crippen molar-refractivity contribution in [3.63, 3.8) is 0 Å². The normalized spacial score (nSPS) is 18.3. The number of hydrogen-bond acceptors (Lipinski definition) is 5. The lowest BCUT2D eigenvalue weighted by Crippen LogP contribution is -2.35. The van der Waals surface area contributed by atoms with Crippen LogP contribution in [0.1, 0.15) is 49.4 Å². The summed E-state index contributed by atoms with van der Waals surface area (Å²) in [5, 5.41) is 4.97. The van der Waals surface area contributed by atoms with Gasteiger partial charge >= 0.3 is 0 Å². The van der Waals surface area contributed by atoms with E-state index in [9.17, 15) is 4.79 Å². The number of nitrogens with zero attached hydrogens (tertiary/aromatic N) is 3. The van der Waals surface area contributed by atoms with Gasteiger partial charge in [0.15, 0.2) is 6.29 Å². The zero-order valence-corrected chi connectivity index (χ0v) is 16.3. The fraction of sp³-hybridized carbons (Fsp3) is 0.500. The Morgan fingerprint density at radius 1 is 1.31 bits per heavy atom. The third-order valence-electron chi connectivity index (χ3n) is 4.99. The van der Waals surface area contributed by atoms with Gasteiger partial charge in [0.2, 0.25) is 0 Å². The molecule has 0 bridgehead atoms. The summed E-state index contributed by atoms with van der Waals surface area (Å²) in [5.74, 6) is 0.452. The summed E-state index contributed by atoms with van der Waals surface area (Å²) in [6, 6.07) is 0. The Kier molecular flexibility index (Phi) is 6.33. The molecule has 0 N–H and O–H groups in total. The highest BCUT2D eigenvalue weighted by Gasteiger charge is 2.26. The standard InChI is InChI=1S/C20H26ClN3O2/c1-3-9-24-19(8-10-23(24)2)16-7-5-4-6-15(16)14-26-20-12-22-11-18(21)17(20)13-25/h8,11-13H,3-7,9-10,14H2,1-2H3. The largest absolute Gasteiger partial charge is 0.487 e. The average molecular weight is 376 g/mol. The molecule has 0 unspecified atom stereocenters. The molecule has 0 radical (unpaired) electrons. The van der Waals surface area contributed by atoms with Crippen LogP contribution in [-0.4, -0.2) is 48.0 Å². The molecule has 2 aliphatic rings. The van der Waals surface area contributed by atoms with Gasteiger partial charge in [0.05, 0.1) is 22.5 Å². The van der Waals surface area contributed by atoms with Crippen LogP contribution in [0.5, 0.6) is 5.75 Å². The molecule has 0 amide bonds. The summed E-state index contributed by atoms with van der Waals surface area (Å²) < 4.78 is 5.96. The number of ether oxygens (including phenoxy) is 1. The molecule has 5 nitrogen and oxygen atoms in total. The van der Waals surface area contributed by atoms with Crippen LogP contribution in [0.4, 0.5) is 0 Å². The quantitative estimate of drug-likeness (QED) is 0.666. The van der Waals surface area contributed by atoms with Gasteiger partial charge in [-0.15, -0.1) is 0 Å². The number of rotatable bonds is 7. The number of hydrazine groups is 1. The van der Waals surface area contributed by atoms with Crippen LogP contribution in [0.2, 0.25) is 5.02 Å². The lowest BCUT2D eigenvalue weighted by Gasteiger charge is -2.32. The van der Waals surface area contributed by atoms with Crippen LogP contribution >= 0.6 is 11.6 Å². The second-order valence-electron chi connectivity index (χ2n) is 6.78. The minimum absolute atomic E-state index is 0.324. The Bertz CT molecular complexity index is 730. The van der Waals surface area contributed by atoms with Gasteiger partial charge in [-0.3, -0.25) is 9.78 Å². The Hall–Kier alpha value is -1.85. The molecule has 1 aromatic heterocycles. The fourth-order valence-corrected chi connectivity index (χ4v) is 3.84. The van der Waals surface area contributed by atoms with E-state index in [2.05, 4.69) is 35.0 Å². The van der Waals surface area contributed by atoms with Crippen molar-refractivity contribution in [3.05, 3.63) is 45.9 Å². The second-order valence-corrected chi connectivity index (χ2v) is 7.19. The molecule has 0 saturated carbocycles. The van der Waals surface area contributed by atoms with E-state index in [0.717, 1.165) is 38.6 Å². The van der Waals surface area contributed by atoms with Crippen molar-refractivity contribution >= 4 is 17.9 Å². The van der Waals surface area contributed by atoms with Crippen LogP contribution in [0, 0.1) is 0 Å². The van der Waals surface area contributed by atoms with Crippen molar-refractivity contribution < 1.29 is 9.53 Å². The van der Waals surface area contributed by atoms with Gasteiger partial charge in [-0.2, -0.15) is 0 Å². The van der Waals surface area contributed by atoms with Crippen molar-refractivity contribution in [1.29, 1.82) is 0 Å². The number of aromatic nitrogens is 1. The molecule has 26 heavy (non-hydrogen) atoms. The number of carbonyl (C=O) groups excluding carboxylic acids is 1. The molecule has 1 aliphatic heterocycles. The van der Waals surface area contributed by atoms with E-state index >= 15 is 0 Å². The van der Waals surface area contributed by atoms with Gasteiger partial charge in [0.1, 0.15) is 12.4 Å². The zero-order valence-electron chi connectivity index (χ0n) is 15.5. The van der Waals surface area contributed by atoms with E-state index in [-0.39, 0.29) is 0 Å². The lowest BCUT2D eigenvalue weighted by molar-refractivity contribution is 0.0720. The molecule has 3 rings (SSSR count). The lowest BCUT2D eigenvalue weighted by atomic mass is 9.90. The highest BCUT2D eigenvalue weighted by Crippen LogP contribution is 2.35. The summed E-state index contributed by atoms with van der Waals surface area (Å²) in [4.78, 5) is 15.3. The van der Waals surface area contributed by atoms with Gasteiger partial charge in [-0.1, -0.05) is 18.5 Å². The summed E-state index contributed by atoms with van der Waals surface area (Å²) in [7, 11) is 2.13.